The molecule has 0 radical (unpaired) electrons. The summed E-state index contributed by atoms with van der Waals surface area (Å²) in [6, 6.07) is 18.7. The fourth-order valence-corrected chi connectivity index (χ4v) is 3.20. The summed E-state index contributed by atoms with van der Waals surface area (Å²) in [6.07, 6.45) is -0.377. The van der Waals surface area contributed by atoms with Crippen molar-refractivity contribution in [2.24, 2.45) is 0 Å². The fourth-order valence-electron chi connectivity index (χ4n) is 1.44. The molecule has 1 nitrogen and oxygen atoms in total. The molecule has 1 N–H and O–H groups in total. The SMILES string of the molecule is C[C@H](O)c1ccc([Se]c2ccccc2)cc1. The molecule has 2 aromatic carbocycles. The summed E-state index contributed by atoms with van der Waals surface area (Å²) in [5.41, 5.74) is 0.979. The van der Waals surface area contributed by atoms with Gasteiger partial charge in [-0.2, -0.15) is 0 Å². The molecule has 0 saturated carbocycles. The van der Waals surface area contributed by atoms with Gasteiger partial charge in [0.05, 0.1) is 0 Å². The second kappa shape index (κ2) is 5.31. The zero-order valence-corrected chi connectivity index (χ0v) is 10.8. The topological polar surface area (TPSA) is 20.2 Å². The van der Waals surface area contributed by atoms with Gasteiger partial charge < -0.3 is 0 Å². The first-order chi connectivity index (χ1) is 7.75. The van der Waals surface area contributed by atoms with Gasteiger partial charge in [0, 0.05) is 0 Å². The number of hydrogen-bond donors (Lipinski definition) is 1. The molecule has 2 heteroatoms. The van der Waals surface area contributed by atoms with Gasteiger partial charge in [-0.25, -0.2) is 0 Å². The van der Waals surface area contributed by atoms with Crippen molar-refractivity contribution >= 4 is 23.9 Å². The van der Waals surface area contributed by atoms with Gasteiger partial charge in [0.2, 0.25) is 0 Å². The van der Waals surface area contributed by atoms with Crippen molar-refractivity contribution in [3.63, 3.8) is 0 Å². The van der Waals surface area contributed by atoms with E-state index in [1.54, 1.807) is 6.92 Å². The van der Waals surface area contributed by atoms with E-state index in [0.717, 1.165) is 5.56 Å². The molecule has 0 bridgehead atoms. The van der Waals surface area contributed by atoms with Crippen LogP contribution in [0.2, 0.25) is 0 Å². The van der Waals surface area contributed by atoms with Gasteiger partial charge >= 0.3 is 102 Å². The molecule has 0 spiro atoms. The van der Waals surface area contributed by atoms with Crippen molar-refractivity contribution in [3.8, 4) is 0 Å². The van der Waals surface area contributed by atoms with E-state index in [1.807, 2.05) is 18.2 Å². The predicted octanol–water partition coefficient (Wildman–Crippen LogP) is 1.39. The zero-order chi connectivity index (χ0) is 11.4. The standard InChI is InChI=1S/C14H14OSe/c1-11(15)12-7-9-14(10-8-12)16-13-5-3-2-4-6-13/h2-11,15H,1H3/t11-/m0/s1. The molecular formula is C14H14OSe. The van der Waals surface area contributed by atoms with Gasteiger partial charge in [-0.3, -0.25) is 0 Å². The van der Waals surface area contributed by atoms with Crippen LogP contribution in [0.3, 0.4) is 0 Å². The molecule has 0 saturated heterocycles. The maximum atomic E-state index is 9.41. The Bertz CT molecular complexity index is 434. The van der Waals surface area contributed by atoms with E-state index in [1.165, 1.54) is 8.92 Å². The van der Waals surface area contributed by atoms with Gasteiger partial charge in [0.15, 0.2) is 0 Å². The van der Waals surface area contributed by atoms with E-state index in [9.17, 15) is 5.11 Å². The molecule has 2 rings (SSSR count). The van der Waals surface area contributed by atoms with Crippen molar-refractivity contribution in [1.82, 2.24) is 0 Å². The first kappa shape index (κ1) is 11.4. The van der Waals surface area contributed by atoms with Crippen LogP contribution in [0, 0.1) is 0 Å². The number of hydrogen-bond acceptors (Lipinski definition) is 1. The quantitative estimate of drug-likeness (QED) is 0.841. The third-order valence-corrected chi connectivity index (χ3v) is 4.47. The van der Waals surface area contributed by atoms with Crippen molar-refractivity contribution in [2.75, 3.05) is 0 Å². The minimum atomic E-state index is -0.377. The first-order valence-electron chi connectivity index (χ1n) is 5.26. The summed E-state index contributed by atoms with van der Waals surface area (Å²) in [7, 11) is 0. The Labute approximate surface area is 102 Å². The molecule has 1 atom stereocenters. The van der Waals surface area contributed by atoms with Gasteiger partial charge in [-0.05, 0) is 0 Å². The number of rotatable bonds is 3. The Morgan fingerprint density at radius 1 is 0.875 bits per heavy atom. The van der Waals surface area contributed by atoms with Crippen LogP contribution in [-0.2, 0) is 0 Å². The summed E-state index contributed by atoms with van der Waals surface area (Å²) in [6.45, 7) is 1.79. The third kappa shape index (κ3) is 2.96. The Morgan fingerprint density at radius 3 is 2.00 bits per heavy atom. The monoisotopic (exact) mass is 278 g/mol. The second-order valence-corrected chi connectivity index (χ2v) is 6.07. The van der Waals surface area contributed by atoms with Crippen LogP contribution in [0.15, 0.2) is 54.6 Å². The predicted molar refractivity (Wildman–Crippen MR) is 68.5 cm³/mol. The molecular weight excluding hydrogens is 263 g/mol. The molecule has 2 aromatic rings. The van der Waals surface area contributed by atoms with Crippen LogP contribution in [0.4, 0.5) is 0 Å². The van der Waals surface area contributed by atoms with Gasteiger partial charge in [-0.1, -0.05) is 0 Å². The van der Waals surface area contributed by atoms with E-state index in [-0.39, 0.29) is 6.10 Å². The normalized spacial score (nSPS) is 12.4. The molecule has 0 aliphatic heterocycles. The van der Waals surface area contributed by atoms with Gasteiger partial charge in [0.25, 0.3) is 0 Å². The minimum absolute atomic E-state index is 0.360. The summed E-state index contributed by atoms with van der Waals surface area (Å²) < 4.78 is 2.71. The molecule has 0 amide bonds. The number of benzene rings is 2. The molecule has 0 aliphatic carbocycles. The van der Waals surface area contributed by atoms with Crippen LogP contribution in [0.5, 0.6) is 0 Å². The second-order valence-electron chi connectivity index (χ2n) is 3.66. The Kier molecular flexibility index (Phi) is 3.78. The third-order valence-electron chi connectivity index (χ3n) is 2.34. The number of aliphatic hydroxyl groups excluding tert-OH is 1. The molecule has 0 aromatic heterocycles. The molecule has 0 unspecified atom stereocenters. The Morgan fingerprint density at radius 2 is 1.44 bits per heavy atom. The van der Waals surface area contributed by atoms with Crippen molar-refractivity contribution < 1.29 is 5.11 Å². The molecule has 0 aliphatic rings. The van der Waals surface area contributed by atoms with Crippen LogP contribution in [0.25, 0.3) is 0 Å². The van der Waals surface area contributed by atoms with Crippen LogP contribution in [0.1, 0.15) is 18.6 Å². The summed E-state index contributed by atoms with van der Waals surface area (Å²) >= 11 is 0.360. The van der Waals surface area contributed by atoms with Crippen LogP contribution in [-0.4, -0.2) is 20.1 Å². The molecule has 82 valence electrons. The maximum absolute atomic E-state index is 9.41. The summed E-state index contributed by atoms with van der Waals surface area (Å²) in [5, 5.41) is 9.41. The van der Waals surface area contributed by atoms with Crippen molar-refractivity contribution in [2.45, 2.75) is 13.0 Å². The average Bonchev–Trinajstić information content (AvgIpc) is 2.31. The molecule has 16 heavy (non-hydrogen) atoms. The van der Waals surface area contributed by atoms with Crippen molar-refractivity contribution in [1.29, 1.82) is 0 Å². The van der Waals surface area contributed by atoms with Crippen molar-refractivity contribution in [3.05, 3.63) is 60.2 Å². The van der Waals surface area contributed by atoms with E-state index in [0.29, 0.717) is 15.0 Å². The zero-order valence-electron chi connectivity index (χ0n) is 9.13. The Balaban J connectivity index is 2.11. The average molecular weight is 277 g/mol. The number of aliphatic hydroxyl groups is 1. The summed E-state index contributed by atoms with van der Waals surface area (Å²) in [4.78, 5) is 0. The van der Waals surface area contributed by atoms with Crippen LogP contribution >= 0.6 is 0 Å². The Hall–Kier alpha value is -1.08. The van der Waals surface area contributed by atoms with Gasteiger partial charge in [0.1, 0.15) is 0 Å². The van der Waals surface area contributed by atoms with E-state index in [4.69, 9.17) is 0 Å². The van der Waals surface area contributed by atoms with Gasteiger partial charge in [-0.15, -0.1) is 0 Å². The first-order valence-corrected chi connectivity index (χ1v) is 6.98. The van der Waals surface area contributed by atoms with E-state index >= 15 is 0 Å². The summed E-state index contributed by atoms with van der Waals surface area (Å²) in [5.74, 6) is 0. The van der Waals surface area contributed by atoms with E-state index < -0.39 is 0 Å². The molecule has 0 fully saturated rings. The van der Waals surface area contributed by atoms with Crippen LogP contribution < -0.4 is 8.92 Å². The molecule has 0 heterocycles. The fraction of sp³-hybridized carbons (Fsp3) is 0.143. The van der Waals surface area contributed by atoms with E-state index in [2.05, 4.69) is 36.4 Å².